The number of fused-ring (bicyclic) bond motifs is 4. The minimum Gasteiger partial charge on any atom is -0.291 e. The van der Waals surface area contributed by atoms with Crippen LogP contribution in [0.4, 0.5) is 0 Å². The zero-order valence-electron chi connectivity index (χ0n) is 10.5. The Kier molecular flexibility index (Phi) is 2.27. The van der Waals surface area contributed by atoms with Crippen LogP contribution >= 0.6 is 0 Å². The van der Waals surface area contributed by atoms with Gasteiger partial charge in [-0.1, -0.05) is 48.5 Å². The molecule has 1 heteroatoms. The maximum absolute atomic E-state index is 2.64. The van der Waals surface area contributed by atoms with Gasteiger partial charge in [-0.25, -0.2) is 0 Å². The minimum absolute atomic E-state index is 0.602. The van der Waals surface area contributed by atoms with Crippen molar-refractivity contribution in [2.75, 3.05) is 6.54 Å². The van der Waals surface area contributed by atoms with E-state index in [1.54, 1.807) is 11.1 Å². The normalized spacial score (nSPS) is 21.9. The molecule has 0 bridgehead atoms. The van der Waals surface area contributed by atoms with E-state index in [-0.39, 0.29) is 0 Å². The largest absolute Gasteiger partial charge is 0.291 e. The van der Waals surface area contributed by atoms with E-state index >= 15 is 0 Å². The zero-order chi connectivity index (χ0) is 11.9. The van der Waals surface area contributed by atoms with Crippen LogP contribution in [0.1, 0.15) is 28.3 Å². The highest BCUT2D eigenvalue weighted by Crippen LogP contribution is 2.37. The maximum atomic E-state index is 2.64. The summed E-state index contributed by atoms with van der Waals surface area (Å²) < 4.78 is 0. The molecule has 2 aromatic rings. The van der Waals surface area contributed by atoms with Crippen LogP contribution in [0.2, 0.25) is 0 Å². The second-order valence-electron chi connectivity index (χ2n) is 5.41. The van der Waals surface area contributed by atoms with Gasteiger partial charge in [0.2, 0.25) is 0 Å². The predicted molar refractivity (Wildman–Crippen MR) is 73.4 cm³/mol. The molecule has 1 atom stereocenters. The first-order valence-electron chi connectivity index (χ1n) is 6.80. The molecular weight excluding hydrogens is 218 g/mol. The fourth-order valence-corrected chi connectivity index (χ4v) is 3.47. The van der Waals surface area contributed by atoms with Crippen LogP contribution in [-0.2, 0) is 19.4 Å². The summed E-state index contributed by atoms with van der Waals surface area (Å²) in [6, 6.07) is 18.5. The Hall–Kier alpha value is -1.60. The van der Waals surface area contributed by atoms with E-state index in [4.69, 9.17) is 0 Å². The van der Waals surface area contributed by atoms with Gasteiger partial charge < -0.3 is 0 Å². The van der Waals surface area contributed by atoms with E-state index in [2.05, 4.69) is 53.4 Å². The van der Waals surface area contributed by atoms with Crippen molar-refractivity contribution in [1.82, 2.24) is 4.90 Å². The second-order valence-corrected chi connectivity index (χ2v) is 5.41. The Balaban J connectivity index is 1.79. The molecule has 0 N–H and O–H groups in total. The number of nitrogens with zero attached hydrogens (tertiary/aromatic N) is 1. The summed E-state index contributed by atoms with van der Waals surface area (Å²) in [6.45, 7) is 2.32. The molecule has 0 radical (unpaired) electrons. The average Bonchev–Trinajstić information content (AvgIpc) is 2.45. The lowest BCUT2D eigenvalue weighted by atomic mass is 9.84. The van der Waals surface area contributed by atoms with Crippen LogP contribution in [0.15, 0.2) is 48.5 Å². The summed E-state index contributed by atoms with van der Waals surface area (Å²) in [7, 11) is 0. The maximum Gasteiger partial charge on any atom is 0.0394 e. The molecule has 90 valence electrons. The topological polar surface area (TPSA) is 3.24 Å². The molecule has 0 saturated heterocycles. The van der Waals surface area contributed by atoms with Crippen LogP contribution in [0.5, 0.6) is 0 Å². The SMILES string of the molecule is c1ccc2c(c1)C[C@@H]1c3ccccc3CCN1C2. The smallest absolute Gasteiger partial charge is 0.0394 e. The molecule has 2 aromatic carbocycles. The Bertz CT molecular complexity index is 588. The van der Waals surface area contributed by atoms with Crippen molar-refractivity contribution >= 4 is 0 Å². The van der Waals surface area contributed by atoms with E-state index in [0.29, 0.717) is 6.04 Å². The lowest BCUT2D eigenvalue weighted by Gasteiger charge is -2.41. The Labute approximate surface area is 108 Å². The van der Waals surface area contributed by atoms with Crippen LogP contribution in [0.25, 0.3) is 0 Å². The number of hydrogen-bond donors (Lipinski definition) is 0. The third kappa shape index (κ3) is 1.51. The van der Waals surface area contributed by atoms with Crippen molar-refractivity contribution in [3.63, 3.8) is 0 Å². The van der Waals surface area contributed by atoms with Gasteiger partial charge in [-0.2, -0.15) is 0 Å². The van der Waals surface area contributed by atoms with Gasteiger partial charge in [0.05, 0.1) is 0 Å². The van der Waals surface area contributed by atoms with Gasteiger partial charge in [0, 0.05) is 19.1 Å². The molecule has 0 aromatic heterocycles. The van der Waals surface area contributed by atoms with E-state index < -0.39 is 0 Å². The van der Waals surface area contributed by atoms with Crippen molar-refractivity contribution in [2.24, 2.45) is 0 Å². The summed E-state index contributed by atoms with van der Waals surface area (Å²) >= 11 is 0. The molecular formula is C17H17N. The molecule has 2 aliphatic rings. The molecule has 0 amide bonds. The highest BCUT2D eigenvalue weighted by Gasteiger charge is 2.31. The predicted octanol–water partition coefficient (Wildman–Crippen LogP) is 3.34. The fraction of sp³-hybridized carbons (Fsp3) is 0.294. The lowest BCUT2D eigenvalue weighted by Crippen LogP contribution is -2.39. The fourth-order valence-electron chi connectivity index (χ4n) is 3.47. The first kappa shape index (κ1) is 10.3. The van der Waals surface area contributed by atoms with Gasteiger partial charge in [0.15, 0.2) is 0 Å². The van der Waals surface area contributed by atoms with Crippen LogP contribution < -0.4 is 0 Å². The molecule has 18 heavy (non-hydrogen) atoms. The standard InChI is InChI=1S/C17H17N/c1-2-7-15-12-18-10-9-13-5-3-4-8-16(13)17(18)11-14(15)6-1/h1-8,17H,9-12H2/t17-/m1/s1. The zero-order valence-corrected chi connectivity index (χ0v) is 10.5. The van der Waals surface area contributed by atoms with Crippen LogP contribution in [0, 0.1) is 0 Å². The molecule has 2 aliphatic heterocycles. The van der Waals surface area contributed by atoms with Crippen molar-refractivity contribution in [3.8, 4) is 0 Å². The Morgan fingerprint density at radius 2 is 1.56 bits per heavy atom. The molecule has 0 fully saturated rings. The molecule has 0 saturated carbocycles. The minimum atomic E-state index is 0.602. The van der Waals surface area contributed by atoms with Gasteiger partial charge in [0.1, 0.15) is 0 Å². The van der Waals surface area contributed by atoms with Crippen LogP contribution in [-0.4, -0.2) is 11.4 Å². The second kappa shape index (κ2) is 3.96. The molecule has 0 unspecified atom stereocenters. The molecule has 2 heterocycles. The first-order valence-corrected chi connectivity index (χ1v) is 6.80. The summed E-state index contributed by atoms with van der Waals surface area (Å²) in [5.41, 5.74) is 6.17. The van der Waals surface area contributed by atoms with Crippen molar-refractivity contribution in [1.29, 1.82) is 0 Å². The monoisotopic (exact) mass is 235 g/mol. The quantitative estimate of drug-likeness (QED) is 0.677. The molecule has 4 rings (SSSR count). The molecule has 0 spiro atoms. The van der Waals surface area contributed by atoms with Gasteiger partial charge in [-0.15, -0.1) is 0 Å². The highest BCUT2D eigenvalue weighted by molar-refractivity contribution is 5.38. The van der Waals surface area contributed by atoms with Crippen molar-refractivity contribution < 1.29 is 0 Å². The van der Waals surface area contributed by atoms with Crippen molar-refractivity contribution in [2.45, 2.75) is 25.4 Å². The van der Waals surface area contributed by atoms with E-state index in [9.17, 15) is 0 Å². The van der Waals surface area contributed by atoms with Crippen LogP contribution in [0.3, 0.4) is 0 Å². The third-order valence-electron chi connectivity index (χ3n) is 4.43. The van der Waals surface area contributed by atoms with Gasteiger partial charge in [0.25, 0.3) is 0 Å². The van der Waals surface area contributed by atoms with Gasteiger partial charge >= 0.3 is 0 Å². The number of benzene rings is 2. The first-order chi connectivity index (χ1) is 8.92. The number of rotatable bonds is 0. The Morgan fingerprint density at radius 3 is 2.44 bits per heavy atom. The summed E-state index contributed by atoms with van der Waals surface area (Å²) in [6.07, 6.45) is 2.38. The lowest BCUT2D eigenvalue weighted by molar-refractivity contribution is 0.161. The van der Waals surface area contributed by atoms with Crippen molar-refractivity contribution in [3.05, 3.63) is 70.8 Å². The summed E-state index contributed by atoms with van der Waals surface area (Å²) in [5.74, 6) is 0. The summed E-state index contributed by atoms with van der Waals surface area (Å²) in [5, 5.41) is 0. The van der Waals surface area contributed by atoms with E-state index in [1.807, 2.05) is 0 Å². The van der Waals surface area contributed by atoms with E-state index in [0.717, 1.165) is 6.54 Å². The molecule has 1 nitrogen and oxygen atoms in total. The Morgan fingerprint density at radius 1 is 0.833 bits per heavy atom. The van der Waals surface area contributed by atoms with Gasteiger partial charge in [-0.3, -0.25) is 4.90 Å². The summed E-state index contributed by atoms with van der Waals surface area (Å²) in [4.78, 5) is 2.64. The van der Waals surface area contributed by atoms with E-state index in [1.165, 1.54) is 30.5 Å². The highest BCUT2D eigenvalue weighted by atomic mass is 15.2. The number of hydrogen-bond acceptors (Lipinski definition) is 1. The molecule has 0 aliphatic carbocycles. The average molecular weight is 235 g/mol. The third-order valence-corrected chi connectivity index (χ3v) is 4.43. The van der Waals surface area contributed by atoms with Gasteiger partial charge in [-0.05, 0) is 35.1 Å².